The lowest BCUT2D eigenvalue weighted by atomic mass is 9.94. The van der Waals surface area contributed by atoms with Gasteiger partial charge < -0.3 is 4.90 Å². The fourth-order valence-electron chi connectivity index (χ4n) is 2.91. The van der Waals surface area contributed by atoms with Crippen molar-refractivity contribution in [3.05, 3.63) is 92.5 Å². The third-order valence-corrected chi connectivity index (χ3v) is 5.19. The van der Waals surface area contributed by atoms with Crippen LogP contribution < -0.4 is 0 Å². The predicted octanol–water partition coefficient (Wildman–Crippen LogP) is 7.75. The highest BCUT2D eigenvalue weighted by atomic mass is 79.9. The minimum Gasteiger partial charge on any atom is -0.340 e. The molecule has 3 rings (SSSR count). The van der Waals surface area contributed by atoms with Gasteiger partial charge in [0.05, 0.1) is 11.3 Å². The highest BCUT2D eigenvalue weighted by Crippen LogP contribution is 2.42. The minimum absolute atomic E-state index is 0.0543. The van der Waals surface area contributed by atoms with Crippen LogP contribution in [0, 0.1) is 11.6 Å². The third-order valence-electron chi connectivity index (χ3n) is 4.04. The molecule has 0 bridgehead atoms. The summed E-state index contributed by atoms with van der Waals surface area (Å²) in [6.07, 6.45) is 1.86. The van der Waals surface area contributed by atoms with Crippen LogP contribution in [0.1, 0.15) is 31.9 Å². The quantitative estimate of drug-likeness (QED) is 0.419. The Labute approximate surface area is 176 Å². The Morgan fingerprint density at radius 2 is 1.56 bits per heavy atom. The number of allylic oxidation sites excluding steroid dienone is 3. The highest BCUT2D eigenvalue weighted by molar-refractivity contribution is 9.12. The summed E-state index contributed by atoms with van der Waals surface area (Å²) < 4.78 is 30.6. The first-order chi connectivity index (χ1) is 12.9. The van der Waals surface area contributed by atoms with E-state index in [1.807, 2.05) is 62.1 Å². The molecule has 2 aromatic rings. The Balaban J connectivity index is 0.00000126. The normalized spacial score (nSPS) is 14.0. The van der Waals surface area contributed by atoms with E-state index in [1.165, 1.54) is 12.1 Å². The van der Waals surface area contributed by atoms with Gasteiger partial charge in [0, 0.05) is 26.8 Å². The number of likely N-dealkylation sites (N-methyl/N-ethyl adjacent to an activating group) is 1. The zero-order chi connectivity index (χ0) is 20.1. The topological polar surface area (TPSA) is 3.24 Å². The van der Waals surface area contributed by atoms with E-state index in [2.05, 4.69) is 38.4 Å². The molecule has 0 atom stereocenters. The molecule has 0 amide bonds. The molecular weight excluding hydrogens is 476 g/mol. The van der Waals surface area contributed by atoms with Gasteiger partial charge >= 0.3 is 0 Å². The van der Waals surface area contributed by atoms with Crippen LogP contribution in [0.3, 0.4) is 0 Å². The van der Waals surface area contributed by atoms with Gasteiger partial charge in [0.25, 0.3) is 0 Å². The third kappa shape index (κ3) is 4.41. The highest BCUT2D eigenvalue weighted by Gasteiger charge is 2.28. The minimum atomic E-state index is -0.618. The number of halogens is 4. The van der Waals surface area contributed by atoms with E-state index in [9.17, 15) is 8.78 Å². The van der Waals surface area contributed by atoms with Crippen LogP contribution in [-0.2, 0) is 0 Å². The summed E-state index contributed by atoms with van der Waals surface area (Å²) in [4.78, 5) is 1.82. The summed E-state index contributed by atoms with van der Waals surface area (Å²) >= 11 is 6.65. The molecule has 0 aliphatic carbocycles. The standard InChI is InChI=1S/C20H15Br2F2N.C2H6/c1-3-25-12(2)16(22)11-15(13-7-5-4-6-8-13)20(25)19-17(23)9-14(21)10-18(19)24;1-2/h4-11H,2-3H2,1H3;1-2H3. The smallest absolute Gasteiger partial charge is 0.136 e. The second kappa shape index (κ2) is 9.47. The Kier molecular flexibility index (Phi) is 7.57. The summed E-state index contributed by atoms with van der Waals surface area (Å²) in [6, 6.07) is 12.1. The van der Waals surface area contributed by atoms with Gasteiger partial charge in [-0.15, -0.1) is 0 Å². The first-order valence-electron chi connectivity index (χ1n) is 8.72. The Bertz CT molecular complexity index is 879. The van der Waals surface area contributed by atoms with Gasteiger partial charge in [-0.2, -0.15) is 0 Å². The van der Waals surface area contributed by atoms with Gasteiger partial charge in [-0.3, -0.25) is 0 Å². The largest absolute Gasteiger partial charge is 0.340 e. The molecule has 5 heteroatoms. The first-order valence-corrected chi connectivity index (χ1v) is 10.3. The number of rotatable bonds is 3. The van der Waals surface area contributed by atoms with Crippen LogP contribution in [0.25, 0.3) is 11.3 Å². The van der Waals surface area contributed by atoms with Gasteiger partial charge in [-0.1, -0.05) is 66.7 Å². The molecule has 0 saturated carbocycles. The number of nitrogens with zero attached hydrogens (tertiary/aromatic N) is 1. The zero-order valence-electron chi connectivity index (χ0n) is 15.5. The SMILES string of the molecule is C=C1C(Br)=CC(c2ccccc2)=C(c2c(F)cc(Br)cc2F)N1CC.CC. The fraction of sp³-hybridized carbons (Fsp3) is 0.182. The second-order valence-electron chi connectivity index (χ2n) is 5.56. The first kappa shape index (κ1) is 21.6. The molecule has 0 saturated heterocycles. The summed E-state index contributed by atoms with van der Waals surface area (Å²) in [5, 5.41) is 0. The monoisotopic (exact) mass is 495 g/mol. The predicted molar refractivity (Wildman–Crippen MR) is 117 cm³/mol. The Morgan fingerprint density at radius 3 is 2.07 bits per heavy atom. The number of benzene rings is 2. The maximum absolute atomic E-state index is 14.7. The summed E-state index contributed by atoms with van der Waals surface area (Å²) in [7, 11) is 0. The van der Waals surface area contributed by atoms with Crippen LogP contribution >= 0.6 is 31.9 Å². The van der Waals surface area contributed by atoms with Crippen molar-refractivity contribution >= 4 is 43.1 Å². The number of hydrogen-bond acceptors (Lipinski definition) is 1. The van der Waals surface area contributed by atoms with Crippen LogP contribution in [-0.4, -0.2) is 11.4 Å². The molecule has 1 nitrogen and oxygen atoms in total. The molecule has 27 heavy (non-hydrogen) atoms. The summed E-state index contributed by atoms with van der Waals surface area (Å²) in [5.74, 6) is -1.24. The van der Waals surface area contributed by atoms with Gasteiger partial charge in [-0.25, -0.2) is 8.78 Å². The average Bonchev–Trinajstić information content (AvgIpc) is 2.66. The van der Waals surface area contributed by atoms with Crippen molar-refractivity contribution in [2.75, 3.05) is 6.54 Å². The average molecular weight is 497 g/mol. The van der Waals surface area contributed by atoms with Crippen molar-refractivity contribution < 1.29 is 8.78 Å². The van der Waals surface area contributed by atoms with Crippen molar-refractivity contribution in [2.24, 2.45) is 0 Å². The Morgan fingerprint density at radius 1 is 1.00 bits per heavy atom. The van der Waals surface area contributed by atoms with Crippen molar-refractivity contribution in [1.82, 2.24) is 4.90 Å². The van der Waals surface area contributed by atoms with Crippen molar-refractivity contribution in [2.45, 2.75) is 20.8 Å². The molecule has 0 fully saturated rings. The molecule has 142 valence electrons. The van der Waals surface area contributed by atoms with E-state index in [0.29, 0.717) is 22.4 Å². The molecular formula is C22H21Br2F2N. The molecule has 0 radical (unpaired) electrons. The van der Waals surface area contributed by atoms with Gasteiger partial charge in [0.1, 0.15) is 11.6 Å². The zero-order valence-corrected chi connectivity index (χ0v) is 18.7. The summed E-state index contributed by atoms with van der Waals surface area (Å²) in [5.41, 5.74) is 2.70. The summed E-state index contributed by atoms with van der Waals surface area (Å²) in [6.45, 7) is 10.5. The van der Waals surface area contributed by atoms with Gasteiger partial charge in [0.2, 0.25) is 0 Å². The fourth-order valence-corrected chi connectivity index (χ4v) is 3.76. The molecule has 1 heterocycles. The van der Waals surface area contributed by atoms with Crippen molar-refractivity contribution in [1.29, 1.82) is 0 Å². The van der Waals surface area contributed by atoms with E-state index in [-0.39, 0.29) is 5.56 Å². The van der Waals surface area contributed by atoms with Gasteiger partial charge in [-0.05, 0) is 46.6 Å². The van der Waals surface area contributed by atoms with E-state index >= 15 is 0 Å². The lowest BCUT2D eigenvalue weighted by Crippen LogP contribution is -2.25. The van der Waals surface area contributed by atoms with Crippen LogP contribution in [0.2, 0.25) is 0 Å². The maximum Gasteiger partial charge on any atom is 0.136 e. The molecule has 0 unspecified atom stereocenters. The van der Waals surface area contributed by atoms with E-state index < -0.39 is 11.6 Å². The van der Waals surface area contributed by atoms with Crippen LogP contribution in [0.15, 0.2) is 69.8 Å². The van der Waals surface area contributed by atoms with Crippen molar-refractivity contribution in [3.63, 3.8) is 0 Å². The van der Waals surface area contributed by atoms with Gasteiger partial charge in [0.15, 0.2) is 0 Å². The second-order valence-corrected chi connectivity index (χ2v) is 7.33. The lowest BCUT2D eigenvalue weighted by Gasteiger charge is -2.34. The Hall–Kier alpha value is -1.72. The van der Waals surface area contributed by atoms with Crippen LogP contribution in [0.5, 0.6) is 0 Å². The molecule has 1 aliphatic heterocycles. The molecule has 0 aromatic heterocycles. The molecule has 1 aliphatic rings. The maximum atomic E-state index is 14.7. The van der Waals surface area contributed by atoms with E-state index in [1.54, 1.807) is 0 Å². The van der Waals surface area contributed by atoms with Crippen molar-refractivity contribution in [3.8, 4) is 0 Å². The molecule has 2 aromatic carbocycles. The van der Waals surface area contributed by atoms with E-state index in [4.69, 9.17) is 0 Å². The number of hydrogen-bond donors (Lipinski definition) is 0. The molecule has 0 N–H and O–H groups in total. The molecule has 0 spiro atoms. The lowest BCUT2D eigenvalue weighted by molar-refractivity contribution is 0.509. The van der Waals surface area contributed by atoms with Crippen LogP contribution in [0.4, 0.5) is 8.78 Å². The van der Waals surface area contributed by atoms with E-state index in [0.717, 1.165) is 15.6 Å².